The number of hydrogen-bond acceptors (Lipinski definition) is 3. The molecular weight excluding hydrogens is 382 g/mol. The van der Waals surface area contributed by atoms with Gasteiger partial charge in [-0.15, -0.1) is 0 Å². The van der Waals surface area contributed by atoms with Crippen LogP contribution in [0.25, 0.3) is 0 Å². The third-order valence-electron chi connectivity index (χ3n) is 4.04. The third-order valence-corrected chi connectivity index (χ3v) is 4.04. The summed E-state index contributed by atoms with van der Waals surface area (Å²) in [6.07, 6.45) is -0.806. The van der Waals surface area contributed by atoms with E-state index in [0.29, 0.717) is 13.1 Å². The number of rotatable bonds is 7. The van der Waals surface area contributed by atoms with E-state index in [2.05, 4.69) is 24.3 Å². The van der Waals surface area contributed by atoms with Gasteiger partial charge in [-0.3, -0.25) is 14.4 Å². The molecule has 0 aliphatic carbocycles. The summed E-state index contributed by atoms with van der Waals surface area (Å²) in [5, 5.41) is 15.4. The van der Waals surface area contributed by atoms with Gasteiger partial charge in [0.1, 0.15) is 6.42 Å². The van der Waals surface area contributed by atoms with Crippen molar-refractivity contribution in [1.29, 1.82) is 0 Å². The van der Waals surface area contributed by atoms with Gasteiger partial charge in [0.05, 0.1) is 0 Å². The van der Waals surface area contributed by atoms with Crippen molar-refractivity contribution in [2.24, 2.45) is 0 Å². The number of carboxylic acids is 2. The summed E-state index contributed by atoms with van der Waals surface area (Å²) < 4.78 is 0. The second-order valence-corrected chi connectivity index (χ2v) is 6.46. The molecule has 6 nitrogen and oxygen atoms in total. The van der Waals surface area contributed by atoms with Crippen LogP contribution < -0.4 is 0 Å². The van der Waals surface area contributed by atoms with E-state index < -0.39 is 18.4 Å². The van der Waals surface area contributed by atoms with Crippen LogP contribution in [-0.2, 0) is 22.7 Å². The Bertz CT molecular complexity index is 890. The maximum absolute atomic E-state index is 12.9. The molecular formula is C24H23NO5. The molecule has 3 aromatic carbocycles. The Morgan fingerprint density at radius 1 is 0.600 bits per heavy atom. The fourth-order valence-electron chi connectivity index (χ4n) is 2.70. The van der Waals surface area contributed by atoms with Gasteiger partial charge in [-0.2, -0.15) is 0 Å². The van der Waals surface area contributed by atoms with Crippen molar-refractivity contribution in [3.8, 4) is 0 Å². The number of amides is 1. The minimum Gasteiger partial charge on any atom is -0.481 e. The first-order valence-corrected chi connectivity index (χ1v) is 9.31. The van der Waals surface area contributed by atoms with Crippen LogP contribution in [0.3, 0.4) is 0 Å². The van der Waals surface area contributed by atoms with Gasteiger partial charge in [0.2, 0.25) is 0 Å². The molecule has 0 radical (unpaired) electrons. The lowest BCUT2D eigenvalue weighted by molar-refractivity contribution is -0.147. The molecule has 0 atom stereocenters. The van der Waals surface area contributed by atoms with E-state index in [1.807, 2.05) is 71.6 Å². The first kappa shape index (κ1) is 22.4. The van der Waals surface area contributed by atoms with Gasteiger partial charge in [-0.05, 0) is 23.3 Å². The highest BCUT2D eigenvalue weighted by atomic mass is 16.4. The van der Waals surface area contributed by atoms with E-state index in [9.17, 15) is 14.4 Å². The molecule has 0 aliphatic rings. The molecule has 0 saturated carbocycles. The van der Waals surface area contributed by atoms with Gasteiger partial charge in [0.25, 0.3) is 5.91 Å². The smallest absolute Gasteiger partial charge is 0.314 e. The molecule has 0 heterocycles. The molecule has 154 valence electrons. The molecule has 0 fully saturated rings. The highest BCUT2D eigenvalue weighted by Gasteiger charge is 2.16. The van der Waals surface area contributed by atoms with Gasteiger partial charge in [0, 0.05) is 18.7 Å². The first-order chi connectivity index (χ1) is 14.5. The number of nitrogens with zero attached hydrogens (tertiary/aromatic N) is 1. The van der Waals surface area contributed by atoms with Gasteiger partial charge in [0.15, 0.2) is 0 Å². The summed E-state index contributed by atoms with van der Waals surface area (Å²) in [5.41, 5.74) is 2.99. The summed E-state index contributed by atoms with van der Waals surface area (Å²) in [7, 11) is 0. The summed E-state index contributed by atoms with van der Waals surface area (Å²) in [4.78, 5) is 33.6. The molecule has 2 N–H and O–H groups in total. The zero-order valence-corrected chi connectivity index (χ0v) is 16.3. The molecule has 0 bridgehead atoms. The quantitative estimate of drug-likeness (QED) is 0.578. The molecule has 30 heavy (non-hydrogen) atoms. The summed E-state index contributed by atoms with van der Waals surface area (Å²) in [6, 6.07) is 29.7. The zero-order valence-electron chi connectivity index (χ0n) is 16.3. The molecule has 0 unspecified atom stereocenters. The van der Waals surface area contributed by atoms with Crippen LogP contribution in [0, 0.1) is 0 Å². The first-order valence-electron chi connectivity index (χ1n) is 9.31. The normalized spacial score (nSPS) is 9.73. The van der Waals surface area contributed by atoms with Gasteiger partial charge in [-0.25, -0.2) is 0 Å². The molecule has 1 amide bonds. The number of carboxylic acid groups (broad SMARTS) is 2. The van der Waals surface area contributed by atoms with Crippen LogP contribution in [-0.4, -0.2) is 33.0 Å². The zero-order chi connectivity index (χ0) is 21.8. The molecule has 6 heteroatoms. The van der Waals surface area contributed by atoms with E-state index in [0.717, 1.165) is 16.7 Å². The minimum absolute atomic E-state index is 0.0540. The molecule has 0 aromatic heterocycles. The fourth-order valence-corrected chi connectivity index (χ4v) is 2.70. The van der Waals surface area contributed by atoms with Crippen molar-refractivity contribution in [2.75, 3.05) is 0 Å². The Morgan fingerprint density at radius 3 is 1.30 bits per heavy atom. The topological polar surface area (TPSA) is 94.9 Å². The van der Waals surface area contributed by atoms with Crippen molar-refractivity contribution < 1.29 is 24.6 Å². The standard InChI is InChI=1S/C21H19NO.C3H4O4/c23-21(20-14-8-3-9-15-20)22(16-18-10-4-1-5-11-18)17-19-12-6-2-7-13-19;4-2(5)1-3(6)7/h1-15H,16-17H2;1H2,(H,4,5)(H,6,7). The van der Waals surface area contributed by atoms with E-state index in [1.54, 1.807) is 0 Å². The number of hydrogen-bond donors (Lipinski definition) is 2. The monoisotopic (exact) mass is 405 g/mol. The Kier molecular flexibility index (Phi) is 8.80. The third kappa shape index (κ3) is 7.98. The van der Waals surface area contributed by atoms with Crippen molar-refractivity contribution in [3.05, 3.63) is 108 Å². The van der Waals surface area contributed by atoms with Crippen LogP contribution in [0.2, 0.25) is 0 Å². The Labute approximate surface area is 175 Å². The maximum atomic E-state index is 12.9. The highest BCUT2D eigenvalue weighted by Crippen LogP contribution is 2.14. The van der Waals surface area contributed by atoms with Gasteiger partial charge in [-0.1, -0.05) is 78.9 Å². The van der Waals surface area contributed by atoms with Gasteiger partial charge >= 0.3 is 11.9 Å². The second-order valence-electron chi connectivity index (χ2n) is 6.46. The van der Waals surface area contributed by atoms with Crippen molar-refractivity contribution >= 4 is 17.8 Å². The van der Waals surface area contributed by atoms with Crippen LogP contribution in [0.5, 0.6) is 0 Å². The molecule has 3 aromatic rings. The molecule has 0 saturated heterocycles. The minimum atomic E-state index is -1.31. The molecule has 0 spiro atoms. The average Bonchev–Trinajstić information content (AvgIpc) is 2.74. The number of carbonyl (C=O) groups excluding carboxylic acids is 1. The summed E-state index contributed by atoms with van der Waals surface area (Å²) >= 11 is 0. The fraction of sp³-hybridized carbons (Fsp3) is 0.125. The van der Waals surface area contributed by atoms with Crippen molar-refractivity contribution in [2.45, 2.75) is 19.5 Å². The molecule has 0 aliphatic heterocycles. The predicted molar refractivity (Wildman–Crippen MR) is 113 cm³/mol. The Morgan fingerprint density at radius 2 is 0.967 bits per heavy atom. The van der Waals surface area contributed by atoms with E-state index >= 15 is 0 Å². The highest BCUT2D eigenvalue weighted by molar-refractivity contribution is 5.94. The van der Waals surface area contributed by atoms with Crippen molar-refractivity contribution in [3.63, 3.8) is 0 Å². The lowest BCUT2D eigenvalue weighted by Crippen LogP contribution is -2.30. The molecule has 3 rings (SSSR count). The largest absolute Gasteiger partial charge is 0.481 e. The lowest BCUT2D eigenvalue weighted by Gasteiger charge is -2.23. The van der Waals surface area contributed by atoms with E-state index in [-0.39, 0.29) is 5.91 Å². The number of carbonyl (C=O) groups is 3. The SMILES string of the molecule is O=C(O)CC(=O)O.O=C(c1ccccc1)N(Cc1ccccc1)Cc1ccccc1. The number of benzene rings is 3. The van der Waals surface area contributed by atoms with Crippen LogP contribution in [0.1, 0.15) is 27.9 Å². The van der Waals surface area contributed by atoms with Crippen LogP contribution in [0.4, 0.5) is 0 Å². The average molecular weight is 405 g/mol. The Hall–Kier alpha value is -3.93. The number of aliphatic carboxylic acids is 2. The summed E-state index contributed by atoms with van der Waals surface area (Å²) in [6.45, 7) is 1.20. The van der Waals surface area contributed by atoms with Crippen molar-refractivity contribution in [1.82, 2.24) is 4.90 Å². The van der Waals surface area contributed by atoms with E-state index in [4.69, 9.17) is 10.2 Å². The van der Waals surface area contributed by atoms with Crippen LogP contribution in [0.15, 0.2) is 91.0 Å². The van der Waals surface area contributed by atoms with Crippen LogP contribution >= 0.6 is 0 Å². The van der Waals surface area contributed by atoms with Gasteiger partial charge < -0.3 is 15.1 Å². The Balaban J connectivity index is 0.000000396. The maximum Gasteiger partial charge on any atom is 0.314 e. The lowest BCUT2D eigenvalue weighted by atomic mass is 10.1. The van der Waals surface area contributed by atoms with E-state index in [1.165, 1.54) is 0 Å². The summed E-state index contributed by atoms with van der Waals surface area (Å²) in [5.74, 6) is -2.57. The second kappa shape index (κ2) is 11.8. The predicted octanol–water partition coefficient (Wildman–Crippen LogP) is 4.07.